The monoisotopic (exact) mass is 346 g/mol. The van der Waals surface area contributed by atoms with Crippen LogP contribution < -0.4 is 10.0 Å². The molecule has 1 aliphatic rings. The van der Waals surface area contributed by atoms with E-state index in [4.69, 9.17) is 0 Å². The molecule has 3 rings (SSSR count). The molecule has 0 unspecified atom stereocenters. The maximum Gasteiger partial charge on any atom is 0.411 e. The molecular formula is C17H18N2O4S. The Bertz CT molecular complexity index is 878. The van der Waals surface area contributed by atoms with Gasteiger partial charge in [-0.05, 0) is 60.7 Å². The lowest BCUT2D eigenvalue weighted by Gasteiger charge is -2.11. The Morgan fingerprint density at radius 2 is 1.79 bits per heavy atom. The Kier molecular flexibility index (Phi) is 4.44. The molecule has 1 amide bonds. The van der Waals surface area contributed by atoms with Crippen molar-refractivity contribution in [2.45, 2.75) is 24.2 Å². The van der Waals surface area contributed by atoms with Gasteiger partial charge in [0, 0.05) is 5.69 Å². The van der Waals surface area contributed by atoms with Crippen LogP contribution in [0, 0.1) is 0 Å². The van der Waals surface area contributed by atoms with Crippen molar-refractivity contribution in [1.82, 2.24) is 0 Å². The first-order chi connectivity index (χ1) is 11.5. The van der Waals surface area contributed by atoms with E-state index in [1.54, 1.807) is 30.3 Å². The first kappa shape index (κ1) is 16.3. The Hall–Kier alpha value is -2.54. The number of benzene rings is 2. The second-order valence-electron chi connectivity index (χ2n) is 5.59. The van der Waals surface area contributed by atoms with Crippen LogP contribution in [0.5, 0.6) is 0 Å². The van der Waals surface area contributed by atoms with Crippen molar-refractivity contribution in [3.05, 3.63) is 53.6 Å². The molecule has 0 saturated carbocycles. The zero-order chi connectivity index (χ0) is 17.2. The number of amides is 1. The summed E-state index contributed by atoms with van der Waals surface area (Å²) in [6, 6.07) is 11.7. The van der Waals surface area contributed by atoms with Crippen LogP contribution in [0.2, 0.25) is 0 Å². The minimum absolute atomic E-state index is 0.245. The molecule has 0 aliphatic heterocycles. The lowest BCUT2D eigenvalue weighted by atomic mass is 10.1. The zero-order valence-electron chi connectivity index (χ0n) is 13.2. The summed E-state index contributed by atoms with van der Waals surface area (Å²) in [5, 5.41) is 2.50. The molecule has 0 fully saturated rings. The number of ether oxygens (including phenoxy) is 1. The van der Waals surface area contributed by atoms with Crippen LogP contribution in [0.4, 0.5) is 16.2 Å². The fourth-order valence-electron chi connectivity index (χ4n) is 2.76. The molecule has 24 heavy (non-hydrogen) atoms. The summed E-state index contributed by atoms with van der Waals surface area (Å²) in [6.07, 6.45) is 2.36. The highest BCUT2D eigenvalue weighted by Crippen LogP contribution is 2.26. The molecule has 0 saturated heterocycles. The Labute approximate surface area is 140 Å². The third-order valence-corrected chi connectivity index (χ3v) is 5.31. The molecule has 0 bridgehead atoms. The molecule has 0 atom stereocenters. The summed E-state index contributed by atoms with van der Waals surface area (Å²) in [5.74, 6) is 0. The Balaban J connectivity index is 1.82. The Morgan fingerprint density at radius 3 is 2.58 bits per heavy atom. The highest BCUT2D eigenvalue weighted by molar-refractivity contribution is 7.92. The first-order valence-electron chi connectivity index (χ1n) is 7.57. The number of hydrogen-bond acceptors (Lipinski definition) is 4. The SMILES string of the molecule is COC(=O)Nc1cccc(NS(=O)(=O)c2ccc3c(c2)CCC3)c1. The van der Waals surface area contributed by atoms with Crippen LogP contribution in [-0.4, -0.2) is 21.6 Å². The van der Waals surface area contributed by atoms with E-state index in [0.717, 1.165) is 24.8 Å². The van der Waals surface area contributed by atoms with E-state index in [1.807, 2.05) is 6.07 Å². The predicted octanol–water partition coefficient (Wildman–Crippen LogP) is 3.15. The standard InChI is InChI=1S/C17H18N2O4S/c1-23-17(20)18-14-6-3-7-15(11-14)19-24(21,22)16-9-8-12-4-2-5-13(12)10-16/h3,6-11,19H,2,4-5H2,1H3,(H,18,20). The maximum absolute atomic E-state index is 12.6. The van der Waals surface area contributed by atoms with Gasteiger partial charge in [0.1, 0.15) is 0 Å². The van der Waals surface area contributed by atoms with Gasteiger partial charge in [-0.1, -0.05) is 12.1 Å². The van der Waals surface area contributed by atoms with Crippen molar-refractivity contribution in [2.24, 2.45) is 0 Å². The van der Waals surface area contributed by atoms with Gasteiger partial charge in [-0.25, -0.2) is 13.2 Å². The van der Waals surface area contributed by atoms with E-state index >= 15 is 0 Å². The molecule has 0 spiro atoms. The molecule has 6 nitrogen and oxygen atoms in total. The predicted molar refractivity (Wildman–Crippen MR) is 91.7 cm³/mol. The summed E-state index contributed by atoms with van der Waals surface area (Å²) in [6.45, 7) is 0. The minimum Gasteiger partial charge on any atom is -0.453 e. The molecule has 0 aromatic heterocycles. The van der Waals surface area contributed by atoms with Gasteiger partial charge >= 0.3 is 6.09 Å². The summed E-state index contributed by atoms with van der Waals surface area (Å²) >= 11 is 0. The second kappa shape index (κ2) is 6.52. The lowest BCUT2D eigenvalue weighted by molar-refractivity contribution is 0.187. The first-order valence-corrected chi connectivity index (χ1v) is 9.06. The fourth-order valence-corrected chi connectivity index (χ4v) is 3.86. The third-order valence-electron chi connectivity index (χ3n) is 3.93. The number of carbonyl (C=O) groups excluding carboxylic acids is 1. The summed E-state index contributed by atoms with van der Waals surface area (Å²) in [7, 11) is -2.42. The van der Waals surface area contributed by atoms with E-state index < -0.39 is 16.1 Å². The summed E-state index contributed by atoms with van der Waals surface area (Å²) in [4.78, 5) is 11.5. The number of rotatable bonds is 4. The van der Waals surface area contributed by atoms with E-state index in [-0.39, 0.29) is 4.90 Å². The average molecular weight is 346 g/mol. The van der Waals surface area contributed by atoms with Crippen molar-refractivity contribution in [1.29, 1.82) is 0 Å². The van der Waals surface area contributed by atoms with Gasteiger partial charge in [-0.2, -0.15) is 0 Å². The van der Waals surface area contributed by atoms with Crippen LogP contribution in [0.3, 0.4) is 0 Å². The van der Waals surface area contributed by atoms with E-state index in [1.165, 1.54) is 18.7 Å². The topological polar surface area (TPSA) is 84.5 Å². The van der Waals surface area contributed by atoms with Crippen LogP contribution in [0.25, 0.3) is 0 Å². The number of methoxy groups -OCH3 is 1. The molecule has 126 valence electrons. The van der Waals surface area contributed by atoms with Gasteiger partial charge in [0.2, 0.25) is 0 Å². The number of anilines is 2. The van der Waals surface area contributed by atoms with Crippen molar-refractivity contribution < 1.29 is 17.9 Å². The second-order valence-corrected chi connectivity index (χ2v) is 7.27. The van der Waals surface area contributed by atoms with Crippen molar-refractivity contribution in [3.8, 4) is 0 Å². The molecule has 0 radical (unpaired) electrons. The van der Waals surface area contributed by atoms with Gasteiger partial charge in [-0.15, -0.1) is 0 Å². The molecule has 2 N–H and O–H groups in total. The molecule has 2 aromatic carbocycles. The van der Waals surface area contributed by atoms with E-state index in [0.29, 0.717) is 11.4 Å². The van der Waals surface area contributed by atoms with E-state index in [9.17, 15) is 13.2 Å². The van der Waals surface area contributed by atoms with Gasteiger partial charge < -0.3 is 4.74 Å². The van der Waals surface area contributed by atoms with Crippen molar-refractivity contribution >= 4 is 27.5 Å². The number of fused-ring (bicyclic) bond motifs is 1. The quantitative estimate of drug-likeness (QED) is 0.891. The van der Waals surface area contributed by atoms with Crippen LogP contribution in [0.15, 0.2) is 47.4 Å². The highest BCUT2D eigenvalue weighted by atomic mass is 32.2. The molecule has 0 heterocycles. The average Bonchev–Trinajstić information content (AvgIpc) is 3.02. The number of aryl methyl sites for hydroxylation is 2. The number of carbonyl (C=O) groups is 1. The number of sulfonamides is 1. The Morgan fingerprint density at radius 1 is 1.04 bits per heavy atom. The van der Waals surface area contributed by atoms with Gasteiger partial charge in [0.15, 0.2) is 0 Å². The molecular weight excluding hydrogens is 328 g/mol. The van der Waals surface area contributed by atoms with Crippen molar-refractivity contribution in [3.63, 3.8) is 0 Å². The van der Waals surface area contributed by atoms with Crippen LogP contribution in [0.1, 0.15) is 17.5 Å². The van der Waals surface area contributed by atoms with Crippen LogP contribution >= 0.6 is 0 Å². The van der Waals surface area contributed by atoms with Gasteiger partial charge in [-0.3, -0.25) is 10.0 Å². The zero-order valence-corrected chi connectivity index (χ0v) is 14.0. The fraction of sp³-hybridized carbons (Fsp3) is 0.235. The minimum atomic E-state index is -3.68. The summed E-state index contributed by atoms with van der Waals surface area (Å²) < 4.78 is 32.2. The lowest BCUT2D eigenvalue weighted by Crippen LogP contribution is -2.14. The highest BCUT2D eigenvalue weighted by Gasteiger charge is 2.18. The molecule has 2 aromatic rings. The maximum atomic E-state index is 12.6. The third kappa shape index (κ3) is 3.51. The van der Waals surface area contributed by atoms with Crippen molar-refractivity contribution in [2.75, 3.05) is 17.1 Å². The normalized spacial score (nSPS) is 13.2. The van der Waals surface area contributed by atoms with Gasteiger partial charge in [0.25, 0.3) is 10.0 Å². The van der Waals surface area contributed by atoms with E-state index in [2.05, 4.69) is 14.8 Å². The largest absolute Gasteiger partial charge is 0.453 e. The molecule has 7 heteroatoms. The number of hydrogen-bond donors (Lipinski definition) is 2. The number of nitrogens with one attached hydrogen (secondary N) is 2. The van der Waals surface area contributed by atoms with Gasteiger partial charge in [0.05, 0.1) is 17.7 Å². The molecule has 1 aliphatic carbocycles. The summed E-state index contributed by atoms with van der Waals surface area (Å²) in [5.41, 5.74) is 3.12. The smallest absolute Gasteiger partial charge is 0.411 e. The van der Waals surface area contributed by atoms with Crippen LogP contribution in [-0.2, 0) is 27.6 Å².